The van der Waals surface area contributed by atoms with Crippen LogP contribution in [0.5, 0.6) is 0 Å². The minimum atomic E-state index is -1.10. The van der Waals surface area contributed by atoms with Crippen LogP contribution in [0, 0.1) is 17.2 Å². The SMILES string of the molecule is CCCCN(/C=C(/C#N)C(=O)NC(C(=O)O)C(C)C)CCCC. The lowest BCUT2D eigenvalue weighted by Crippen LogP contribution is -2.45. The largest absolute Gasteiger partial charge is 0.480 e. The zero-order valence-electron chi connectivity index (χ0n) is 14.6. The summed E-state index contributed by atoms with van der Waals surface area (Å²) >= 11 is 0. The molecule has 0 aromatic heterocycles. The Morgan fingerprint density at radius 1 is 1.22 bits per heavy atom. The normalized spacial score (nSPS) is 12.6. The van der Waals surface area contributed by atoms with Crippen LogP contribution >= 0.6 is 0 Å². The van der Waals surface area contributed by atoms with Gasteiger partial charge < -0.3 is 15.3 Å². The van der Waals surface area contributed by atoms with Crippen molar-refractivity contribution in [2.24, 2.45) is 5.92 Å². The van der Waals surface area contributed by atoms with Gasteiger partial charge in [-0.3, -0.25) is 4.79 Å². The van der Waals surface area contributed by atoms with Crippen molar-refractivity contribution >= 4 is 11.9 Å². The molecule has 1 amide bonds. The maximum Gasteiger partial charge on any atom is 0.326 e. The first-order valence-electron chi connectivity index (χ1n) is 8.26. The summed E-state index contributed by atoms with van der Waals surface area (Å²) in [4.78, 5) is 25.3. The summed E-state index contributed by atoms with van der Waals surface area (Å²) in [6.45, 7) is 9.15. The Morgan fingerprint density at radius 2 is 1.74 bits per heavy atom. The Balaban J connectivity index is 5.07. The van der Waals surface area contributed by atoms with Crippen LogP contribution in [0.4, 0.5) is 0 Å². The molecule has 0 aliphatic heterocycles. The third-order valence-corrected chi connectivity index (χ3v) is 3.49. The number of unbranched alkanes of at least 4 members (excludes halogenated alkanes) is 2. The number of carbonyl (C=O) groups excluding carboxylic acids is 1. The van der Waals surface area contributed by atoms with Gasteiger partial charge in [0, 0.05) is 19.3 Å². The topological polar surface area (TPSA) is 93.4 Å². The zero-order chi connectivity index (χ0) is 17.8. The van der Waals surface area contributed by atoms with Gasteiger partial charge in [0.25, 0.3) is 5.91 Å². The Labute approximate surface area is 139 Å². The van der Waals surface area contributed by atoms with E-state index in [2.05, 4.69) is 19.2 Å². The monoisotopic (exact) mass is 323 g/mol. The van der Waals surface area contributed by atoms with E-state index in [0.29, 0.717) is 0 Å². The van der Waals surface area contributed by atoms with Crippen molar-refractivity contribution in [3.8, 4) is 6.07 Å². The van der Waals surface area contributed by atoms with E-state index in [9.17, 15) is 14.9 Å². The maximum absolute atomic E-state index is 12.2. The number of nitrogens with one attached hydrogen (secondary N) is 1. The summed E-state index contributed by atoms with van der Waals surface area (Å²) in [5.74, 6) is -1.99. The van der Waals surface area contributed by atoms with E-state index in [-0.39, 0.29) is 11.5 Å². The molecule has 2 N–H and O–H groups in total. The van der Waals surface area contributed by atoms with E-state index in [1.54, 1.807) is 20.0 Å². The predicted octanol–water partition coefficient (Wildman–Crippen LogP) is 2.52. The van der Waals surface area contributed by atoms with Crippen LogP contribution in [0.1, 0.15) is 53.4 Å². The quantitative estimate of drug-likeness (QED) is 0.450. The van der Waals surface area contributed by atoms with Gasteiger partial charge in [0.2, 0.25) is 0 Å². The van der Waals surface area contributed by atoms with Gasteiger partial charge in [-0.15, -0.1) is 0 Å². The number of aliphatic carboxylic acids is 1. The van der Waals surface area contributed by atoms with Gasteiger partial charge in [0.1, 0.15) is 17.7 Å². The van der Waals surface area contributed by atoms with Crippen molar-refractivity contribution in [1.29, 1.82) is 5.26 Å². The number of amides is 1. The summed E-state index contributed by atoms with van der Waals surface area (Å²) in [6, 6.07) is 0.882. The first kappa shape index (κ1) is 21.0. The molecule has 0 rings (SSSR count). The zero-order valence-corrected chi connectivity index (χ0v) is 14.6. The van der Waals surface area contributed by atoms with Crippen LogP contribution in [-0.4, -0.2) is 41.0 Å². The minimum Gasteiger partial charge on any atom is -0.480 e. The second-order valence-electron chi connectivity index (χ2n) is 5.93. The van der Waals surface area contributed by atoms with Crippen molar-refractivity contribution in [3.05, 3.63) is 11.8 Å². The number of hydrogen-bond donors (Lipinski definition) is 2. The lowest BCUT2D eigenvalue weighted by molar-refractivity contribution is -0.142. The van der Waals surface area contributed by atoms with E-state index in [1.165, 1.54) is 0 Å². The van der Waals surface area contributed by atoms with Crippen LogP contribution in [0.25, 0.3) is 0 Å². The second kappa shape index (κ2) is 11.5. The molecule has 6 nitrogen and oxygen atoms in total. The summed E-state index contributed by atoms with van der Waals surface area (Å²) in [7, 11) is 0. The van der Waals surface area contributed by atoms with Crippen LogP contribution < -0.4 is 5.32 Å². The Bertz CT molecular complexity index is 444. The molecule has 0 saturated heterocycles. The number of carbonyl (C=O) groups is 2. The number of nitriles is 1. The number of carboxylic acids is 1. The van der Waals surface area contributed by atoms with Crippen LogP contribution in [0.15, 0.2) is 11.8 Å². The summed E-state index contributed by atoms with van der Waals surface area (Å²) in [5, 5.41) is 20.8. The van der Waals surface area contributed by atoms with Crippen molar-refractivity contribution < 1.29 is 14.7 Å². The molecule has 130 valence electrons. The summed E-state index contributed by atoms with van der Waals surface area (Å²) < 4.78 is 0. The van der Waals surface area contributed by atoms with Crippen LogP contribution in [-0.2, 0) is 9.59 Å². The van der Waals surface area contributed by atoms with Gasteiger partial charge in [-0.2, -0.15) is 5.26 Å². The molecule has 0 aromatic carbocycles. The average Bonchev–Trinajstić information content (AvgIpc) is 2.50. The molecule has 0 heterocycles. The van der Waals surface area contributed by atoms with E-state index in [1.807, 2.05) is 11.0 Å². The van der Waals surface area contributed by atoms with Crippen molar-refractivity contribution in [1.82, 2.24) is 10.2 Å². The molecular formula is C17H29N3O3. The molecule has 6 heteroatoms. The Morgan fingerprint density at radius 3 is 2.09 bits per heavy atom. The predicted molar refractivity (Wildman–Crippen MR) is 89.5 cm³/mol. The Kier molecular flexibility index (Phi) is 10.5. The van der Waals surface area contributed by atoms with Crippen LogP contribution in [0.3, 0.4) is 0 Å². The van der Waals surface area contributed by atoms with Crippen molar-refractivity contribution in [2.75, 3.05) is 13.1 Å². The molecule has 1 unspecified atom stereocenters. The fourth-order valence-electron chi connectivity index (χ4n) is 2.02. The Hall–Kier alpha value is -2.03. The molecule has 0 radical (unpaired) electrons. The molecule has 0 spiro atoms. The molecule has 0 aliphatic rings. The second-order valence-corrected chi connectivity index (χ2v) is 5.93. The maximum atomic E-state index is 12.2. The number of nitrogens with zero attached hydrogens (tertiary/aromatic N) is 2. The molecule has 0 saturated carbocycles. The van der Waals surface area contributed by atoms with Gasteiger partial charge in [-0.05, 0) is 18.8 Å². The first-order valence-corrected chi connectivity index (χ1v) is 8.26. The lowest BCUT2D eigenvalue weighted by Gasteiger charge is -2.21. The standard InChI is InChI=1S/C17H29N3O3/c1-5-7-9-20(10-8-6-2)12-14(11-18)16(21)19-15(13(3)4)17(22)23/h12-13,15H,5-10H2,1-4H3,(H,19,21)(H,22,23)/b14-12-. The highest BCUT2D eigenvalue weighted by molar-refractivity contribution is 5.99. The highest BCUT2D eigenvalue weighted by Crippen LogP contribution is 2.07. The molecular weight excluding hydrogens is 294 g/mol. The third kappa shape index (κ3) is 8.24. The molecule has 0 bridgehead atoms. The molecule has 0 aliphatic carbocycles. The molecule has 23 heavy (non-hydrogen) atoms. The van der Waals surface area contributed by atoms with E-state index in [4.69, 9.17) is 5.11 Å². The van der Waals surface area contributed by atoms with E-state index < -0.39 is 17.9 Å². The summed E-state index contributed by atoms with van der Waals surface area (Å²) in [6.07, 6.45) is 5.56. The van der Waals surface area contributed by atoms with Gasteiger partial charge in [-0.1, -0.05) is 40.5 Å². The fourth-order valence-corrected chi connectivity index (χ4v) is 2.02. The van der Waals surface area contributed by atoms with Crippen molar-refractivity contribution in [3.63, 3.8) is 0 Å². The molecule has 0 fully saturated rings. The van der Waals surface area contributed by atoms with Gasteiger partial charge in [0.05, 0.1) is 0 Å². The van der Waals surface area contributed by atoms with Gasteiger partial charge in [-0.25, -0.2) is 4.79 Å². The molecule has 1 atom stereocenters. The highest BCUT2D eigenvalue weighted by Gasteiger charge is 2.25. The lowest BCUT2D eigenvalue weighted by atomic mass is 10.0. The smallest absolute Gasteiger partial charge is 0.326 e. The van der Waals surface area contributed by atoms with Gasteiger partial charge in [0.15, 0.2) is 0 Å². The molecule has 0 aromatic rings. The fraction of sp³-hybridized carbons (Fsp3) is 0.706. The summed E-state index contributed by atoms with van der Waals surface area (Å²) in [5.41, 5.74) is -0.0518. The first-order chi connectivity index (χ1) is 10.9. The number of carboxylic acid groups (broad SMARTS) is 1. The minimum absolute atomic E-state index is 0.0518. The van der Waals surface area contributed by atoms with Crippen molar-refractivity contribution in [2.45, 2.75) is 59.4 Å². The number of rotatable bonds is 11. The third-order valence-electron chi connectivity index (χ3n) is 3.49. The number of hydrogen-bond acceptors (Lipinski definition) is 4. The highest BCUT2D eigenvalue weighted by atomic mass is 16.4. The average molecular weight is 323 g/mol. The van der Waals surface area contributed by atoms with Crippen LogP contribution in [0.2, 0.25) is 0 Å². The van der Waals surface area contributed by atoms with E-state index in [0.717, 1.165) is 38.8 Å². The van der Waals surface area contributed by atoms with Gasteiger partial charge >= 0.3 is 5.97 Å². The van der Waals surface area contributed by atoms with E-state index >= 15 is 0 Å².